The first-order valence-electron chi connectivity index (χ1n) is 7.07. The van der Waals surface area contributed by atoms with E-state index < -0.39 is 34.8 Å². The fourth-order valence-electron chi connectivity index (χ4n) is 3.89. The first kappa shape index (κ1) is 13.6. The van der Waals surface area contributed by atoms with Crippen LogP contribution in [0.2, 0.25) is 0 Å². The Morgan fingerprint density at radius 3 is 2.45 bits per heavy atom. The summed E-state index contributed by atoms with van der Waals surface area (Å²) in [6.45, 7) is 1.38. The number of fused-ring (bicyclic) bond motifs is 5. The molecule has 0 radical (unpaired) electrons. The second-order valence-corrected chi connectivity index (χ2v) is 6.18. The zero-order valence-corrected chi connectivity index (χ0v) is 11.8. The molecule has 3 aliphatic heterocycles. The number of imide groups is 1. The van der Waals surface area contributed by atoms with Crippen molar-refractivity contribution in [2.75, 3.05) is 11.5 Å². The summed E-state index contributed by atoms with van der Waals surface area (Å²) >= 11 is 0. The number of carbonyl (C=O) groups is 2. The Morgan fingerprint density at radius 1 is 1.18 bits per heavy atom. The summed E-state index contributed by atoms with van der Waals surface area (Å²) in [7, 11) is 0. The molecule has 2 bridgehead atoms. The van der Waals surface area contributed by atoms with Gasteiger partial charge in [0.2, 0.25) is 11.8 Å². The van der Waals surface area contributed by atoms with Gasteiger partial charge in [-0.2, -0.15) is 0 Å². The second kappa shape index (κ2) is 4.02. The largest absolute Gasteiger partial charge is 0.393 e. The van der Waals surface area contributed by atoms with Crippen LogP contribution in [0.25, 0.3) is 0 Å². The van der Waals surface area contributed by atoms with E-state index in [0.717, 1.165) is 4.90 Å². The Kier molecular flexibility index (Phi) is 2.49. The van der Waals surface area contributed by atoms with Gasteiger partial charge in [0.15, 0.2) is 0 Å². The lowest BCUT2D eigenvalue weighted by molar-refractivity contribution is -0.131. The van der Waals surface area contributed by atoms with Crippen LogP contribution in [0.4, 0.5) is 10.1 Å². The molecule has 1 aromatic carbocycles. The van der Waals surface area contributed by atoms with Gasteiger partial charge in [0.25, 0.3) is 0 Å². The zero-order chi connectivity index (χ0) is 15.7. The maximum Gasteiger partial charge on any atom is 0.241 e. The van der Waals surface area contributed by atoms with Crippen LogP contribution in [0.3, 0.4) is 0 Å². The lowest BCUT2D eigenvalue weighted by Crippen LogP contribution is -2.43. The molecule has 5 nitrogen and oxygen atoms in total. The first-order valence-corrected chi connectivity index (χ1v) is 7.07. The van der Waals surface area contributed by atoms with Crippen molar-refractivity contribution in [1.82, 2.24) is 0 Å². The molecule has 0 unspecified atom stereocenters. The van der Waals surface area contributed by atoms with Crippen LogP contribution in [0, 0.1) is 17.7 Å². The number of nitrogens with zero attached hydrogens (tertiary/aromatic N) is 1. The van der Waals surface area contributed by atoms with E-state index in [1.54, 1.807) is 19.1 Å². The van der Waals surface area contributed by atoms with E-state index in [9.17, 15) is 19.1 Å². The second-order valence-electron chi connectivity index (χ2n) is 6.18. The fourth-order valence-corrected chi connectivity index (χ4v) is 3.89. The highest BCUT2D eigenvalue weighted by atomic mass is 19.1. The van der Waals surface area contributed by atoms with Crippen LogP contribution < -0.4 is 4.90 Å². The molecule has 3 heterocycles. The summed E-state index contributed by atoms with van der Waals surface area (Å²) in [4.78, 5) is 26.6. The minimum Gasteiger partial charge on any atom is -0.393 e. The highest BCUT2D eigenvalue weighted by molar-refractivity contribution is 6.23. The summed E-state index contributed by atoms with van der Waals surface area (Å²) in [5, 5.41) is 9.69. The normalized spacial score (nSPS) is 39.0. The average molecular weight is 303 g/mol. The van der Waals surface area contributed by atoms with Gasteiger partial charge in [-0.25, -0.2) is 9.29 Å². The van der Waals surface area contributed by atoms with Crippen molar-refractivity contribution in [2.45, 2.75) is 18.1 Å². The minimum absolute atomic E-state index is 0.335. The van der Waals surface area contributed by atoms with Gasteiger partial charge < -0.3 is 9.84 Å². The SMILES string of the molecule is C[C@@]12C=C[C@@](CO)(O1)[C@H]1C(=O)N(c3ccc(F)cc3)C(=O)[C@@H]12. The molecule has 1 N–H and O–H groups in total. The van der Waals surface area contributed by atoms with Crippen LogP contribution in [0.1, 0.15) is 6.92 Å². The number of aliphatic hydroxyl groups excluding tert-OH is 1. The summed E-state index contributed by atoms with van der Waals surface area (Å²) in [6.07, 6.45) is 3.41. The maximum absolute atomic E-state index is 13.1. The predicted molar refractivity (Wildman–Crippen MR) is 74.3 cm³/mol. The molecule has 4 atom stereocenters. The van der Waals surface area contributed by atoms with Gasteiger partial charge >= 0.3 is 0 Å². The molecule has 2 saturated heterocycles. The quantitative estimate of drug-likeness (QED) is 0.654. The monoisotopic (exact) mass is 303 g/mol. The number of ether oxygens (including phenoxy) is 1. The molecular weight excluding hydrogens is 289 g/mol. The molecule has 0 spiro atoms. The van der Waals surface area contributed by atoms with E-state index in [-0.39, 0.29) is 12.5 Å². The molecule has 6 heteroatoms. The Balaban J connectivity index is 1.80. The smallest absolute Gasteiger partial charge is 0.241 e. The van der Waals surface area contributed by atoms with E-state index in [1.807, 2.05) is 0 Å². The summed E-state index contributed by atoms with van der Waals surface area (Å²) < 4.78 is 18.9. The minimum atomic E-state index is -1.14. The van der Waals surface area contributed by atoms with Gasteiger partial charge in [-0.3, -0.25) is 9.59 Å². The summed E-state index contributed by atoms with van der Waals surface area (Å²) in [6, 6.07) is 5.21. The van der Waals surface area contributed by atoms with Crippen LogP contribution in [-0.2, 0) is 14.3 Å². The van der Waals surface area contributed by atoms with E-state index in [4.69, 9.17) is 4.74 Å². The number of hydrogen-bond donors (Lipinski definition) is 1. The van der Waals surface area contributed by atoms with Crippen LogP contribution >= 0.6 is 0 Å². The van der Waals surface area contributed by atoms with Crippen molar-refractivity contribution in [1.29, 1.82) is 0 Å². The highest BCUT2D eigenvalue weighted by Crippen LogP contribution is 2.57. The van der Waals surface area contributed by atoms with Crippen LogP contribution in [0.5, 0.6) is 0 Å². The predicted octanol–water partition coefficient (Wildman–Crippen LogP) is 1.02. The molecule has 114 valence electrons. The van der Waals surface area contributed by atoms with Gasteiger partial charge in [-0.15, -0.1) is 0 Å². The fraction of sp³-hybridized carbons (Fsp3) is 0.375. The van der Waals surface area contributed by atoms with E-state index in [2.05, 4.69) is 0 Å². The first-order chi connectivity index (χ1) is 10.4. The molecule has 0 aromatic heterocycles. The van der Waals surface area contributed by atoms with Crippen molar-refractivity contribution >= 4 is 17.5 Å². The van der Waals surface area contributed by atoms with Gasteiger partial charge in [0, 0.05) is 0 Å². The number of amides is 2. The van der Waals surface area contributed by atoms with Crippen molar-refractivity contribution < 1.29 is 23.8 Å². The third kappa shape index (κ3) is 1.43. The number of anilines is 1. The highest BCUT2D eigenvalue weighted by Gasteiger charge is 2.72. The molecule has 2 fully saturated rings. The number of carbonyl (C=O) groups excluding carboxylic acids is 2. The van der Waals surface area contributed by atoms with Gasteiger partial charge in [-0.1, -0.05) is 12.2 Å². The number of aliphatic hydroxyl groups is 1. The standard InChI is InChI=1S/C16H14FNO4/c1-15-6-7-16(8-19,22-15)12-11(15)13(20)18(14(12)21)10-4-2-9(17)3-5-10/h2-7,11-12,19H,8H2,1H3/t11-,12-,15+,16+/m1/s1. The van der Waals surface area contributed by atoms with E-state index in [1.165, 1.54) is 24.3 Å². The van der Waals surface area contributed by atoms with Crippen molar-refractivity contribution in [3.63, 3.8) is 0 Å². The molecule has 22 heavy (non-hydrogen) atoms. The third-order valence-corrected chi connectivity index (χ3v) is 4.89. The topological polar surface area (TPSA) is 66.8 Å². The molecule has 0 saturated carbocycles. The summed E-state index contributed by atoms with van der Waals surface area (Å²) in [5.41, 5.74) is -1.70. The molecule has 4 rings (SSSR count). The number of benzene rings is 1. The summed E-state index contributed by atoms with van der Waals surface area (Å²) in [5.74, 6) is -2.63. The molecular formula is C16H14FNO4. The third-order valence-electron chi connectivity index (χ3n) is 4.89. The Hall–Kier alpha value is -2.05. The van der Waals surface area contributed by atoms with Crippen molar-refractivity contribution in [3.8, 4) is 0 Å². The maximum atomic E-state index is 13.1. The van der Waals surface area contributed by atoms with Crippen LogP contribution in [0.15, 0.2) is 36.4 Å². The van der Waals surface area contributed by atoms with Gasteiger partial charge in [-0.05, 0) is 31.2 Å². The van der Waals surface area contributed by atoms with Gasteiger partial charge in [0.1, 0.15) is 11.4 Å². The van der Waals surface area contributed by atoms with Crippen molar-refractivity contribution in [2.24, 2.45) is 11.8 Å². The van der Waals surface area contributed by atoms with Crippen LogP contribution in [-0.4, -0.2) is 34.7 Å². The Labute approximate surface area is 126 Å². The Morgan fingerprint density at radius 2 is 1.82 bits per heavy atom. The Bertz CT molecular complexity index is 715. The lowest BCUT2D eigenvalue weighted by atomic mass is 9.73. The van der Waals surface area contributed by atoms with E-state index >= 15 is 0 Å². The molecule has 0 aliphatic carbocycles. The van der Waals surface area contributed by atoms with Gasteiger partial charge in [0.05, 0.1) is 29.7 Å². The molecule has 1 aromatic rings. The molecule has 3 aliphatic rings. The number of halogens is 1. The zero-order valence-electron chi connectivity index (χ0n) is 11.8. The number of hydrogen-bond acceptors (Lipinski definition) is 4. The number of rotatable bonds is 2. The van der Waals surface area contributed by atoms with E-state index in [0.29, 0.717) is 5.69 Å². The molecule has 2 amide bonds. The lowest BCUT2D eigenvalue weighted by Gasteiger charge is -2.26. The average Bonchev–Trinajstić information content (AvgIpc) is 3.07. The van der Waals surface area contributed by atoms with Crippen molar-refractivity contribution in [3.05, 3.63) is 42.2 Å².